The van der Waals surface area contributed by atoms with Crippen LogP contribution in [0.4, 0.5) is 0 Å². The van der Waals surface area contributed by atoms with E-state index in [1.54, 1.807) is 0 Å². The number of carbonyl (C=O) groups excluding carboxylic acids is 2. The molecule has 5 nitrogen and oxygen atoms in total. The number of hydrogen-bond acceptors (Lipinski definition) is 3. The van der Waals surface area contributed by atoms with Gasteiger partial charge in [-0.2, -0.15) is 0 Å². The van der Waals surface area contributed by atoms with Crippen LogP contribution in [0.25, 0.3) is 0 Å². The van der Waals surface area contributed by atoms with Gasteiger partial charge >= 0.3 is 0 Å². The van der Waals surface area contributed by atoms with Gasteiger partial charge in [-0.25, -0.2) is 0 Å². The van der Waals surface area contributed by atoms with Crippen LogP contribution in [-0.4, -0.2) is 53.8 Å². The Morgan fingerprint density at radius 1 is 0.880 bits per heavy atom. The molecular weight excluding hydrogens is 314 g/mol. The smallest absolute Gasteiger partial charge is 0.223 e. The predicted molar refractivity (Wildman–Crippen MR) is 98.0 cm³/mol. The van der Waals surface area contributed by atoms with Crippen molar-refractivity contribution in [3.05, 3.63) is 35.9 Å². The van der Waals surface area contributed by atoms with Gasteiger partial charge in [0.25, 0.3) is 0 Å². The summed E-state index contributed by atoms with van der Waals surface area (Å²) in [5.74, 6) is 0.363. The zero-order valence-electron chi connectivity index (χ0n) is 14.9. The molecule has 25 heavy (non-hydrogen) atoms. The molecule has 0 aromatic heterocycles. The van der Waals surface area contributed by atoms with Crippen molar-refractivity contribution < 1.29 is 9.59 Å². The Labute approximate surface area is 150 Å². The molecule has 3 rings (SSSR count). The molecular formula is C20H29N3O2. The predicted octanol–water partition coefficient (Wildman–Crippen LogP) is 2.12. The van der Waals surface area contributed by atoms with Crippen molar-refractivity contribution in [2.45, 2.75) is 50.5 Å². The molecule has 2 fully saturated rings. The second kappa shape index (κ2) is 8.48. The highest BCUT2D eigenvalue weighted by atomic mass is 16.2. The van der Waals surface area contributed by atoms with Gasteiger partial charge in [-0.05, 0) is 18.4 Å². The largest absolute Gasteiger partial charge is 0.343 e. The lowest BCUT2D eigenvalue weighted by atomic mass is 9.95. The molecule has 2 atom stereocenters. The molecule has 0 radical (unpaired) electrons. The Kier molecular flexibility index (Phi) is 6.08. The van der Waals surface area contributed by atoms with Crippen LogP contribution in [0.3, 0.4) is 0 Å². The van der Waals surface area contributed by atoms with Crippen LogP contribution < -0.4 is 5.73 Å². The third-order valence-electron chi connectivity index (χ3n) is 5.46. The van der Waals surface area contributed by atoms with E-state index >= 15 is 0 Å². The topological polar surface area (TPSA) is 66.6 Å². The van der Waals surface area contributed by atoms with Crippen LogP contribution in [0.2, 0.25) is 0 Å². The average molecular weight is 343 g/mol. The molecule has 1 aromatic rings. The van der Waals surface area contributed by atoms with Crippen LogP contribution in [0.5, 0.6) is 0 Å². The molecule has 0 spiro atoms. The molecule has 2 saturated heterocycles. The van der Waals surface area contributed by atoms with E-state index in [1.807, 2.05) is 28.0 Å². The van der Waals surface area contributed by atoms with Crippen molar-refractivity contribution in [2.24, 2.45) is 5.73 Å². The zero-order chi connectivity index (χ0) is 17.6. The fourth-order valence-electron chi connectivity index (χ4n) is 3.94. The number of nitrogens with zero attached hydrogens (tertiary/aromatic N) is 2. The van der Waals surface area contributed by atoms with Crippen LogP contribution in [0.1, 0.15) is 50.0 Å². The Morgan fingerprint density at radius 3 is 2.12 bits per heavy atom. The van der Waals surface area contributed by atoms with Crippen molar-refractivity contribution in [1.29, 1.82) is 0 Å². The minimum Gasteiger partial charge on any atom is -0.343 e. The van der Waals surface area contributed by atoms with Crippen molar-refractivity contribution in [2.75, 3.05) is 26.2 Å². The summed E-state index contributed by atoms with van der Waals surface area (Å²) in [5.41, 5.74) is 7.45. The number of hydrogen-bond donors (Lipinski definition) is 1. The molecule has 0 saturated carbocycles. The second-order valence-corrected chi connectivity index (χ2v) is 7.27. The monoisotopic (exact) mass is 343 g/mol. The van der Waals surface area contributed by atoms with Crippen molar-refractivity contribution in [3.8, 4) is 0 Å². The molecule has 136 valence electrons. The van der Waals surface area contributed by atoms with Gasteiger partial charge in [0.2, 0.25) is 11.8 Å². The first kappa shape index (κ1) is 17.9. The van der Waals surface area contributed by atoms with Gasteiger partial charge in [0.1, 0.15) is 0 Å². The standard InChI is InChI=1S/C20H29N3O2/c21-18-15-23(14-17(18)16-8-4-3-5-9-16)20(25)11-10-19(24)22-12-6-1-2-7-13-22/h3-5,8-9,17-18H,1-2,6-7,10-15,21H2/t17-,18+/m0/s1. The first-order chi connectivity index (χ1) is 12.1. The minimum absolute atomic E-state index is 0.0346. The van der Waals surface area contributed by atoms with Crippen LogP contribution in [0.15, 0.2) is 30.3 Å². The van der Waals surface area contributed by atoms with Crippen molar-refractivity contribution in [1.82, 2.24) is 9.80 Å². The van der Waals surface area contributed by atoms with Gasteiger partial charge in [0.05, 0.1) is 0 Å². The highest BCUT2D eigenvalue weighted by molar-refractivity contribution is 5.84. The van der Waals surface area contributed by atoms with E-state index in [-0.39, 0.29) is 23.8 Å². The van der Waals surface area contributed by atoms with Gasteiger partial charge in [0.15, 0.2) is 0 Å². The Morgan fingerprint density at radius 2 is 1.48 bits per heavy atom. The van der Waals surface area contributed by atoms with E-state index in [9.17, 15) is 9.59 Å². The molecule has 1 aromatic carbocycles. The van der Waals surface area contributed by atoms with E-state index in [0.717, 1.165) is 25.9 Å². The third-order valence-corrected chi connectivity index (χ3v) is 5.46. The average Bonchev–Trinajstić information content (AvgIpc) is 2.85. The minimum atomic E-state index is -0.0346. The van der Waals surface area contributed by atoms with Crippen LogP contribution in [-0.2, 0) is 9.59 Å². The number of carbonyl (C=O) groups is 2. The summed E-state index contributed by atoms with van der Waals surface area (Å²) in [6.07, 6.45) is 5.19. The molecule has 0 bridgehead atoms. The lowest BCUT2D eigenvalue weighted by Gasteiger charge is -2.21. The summed E-state index contributed by atoms with van der Waals surface area (Å²) in [5, 5.41) is 0. The molecule has 2 amide bonds. The molecule has 2 heterocycles. The van der Waals surface area contributed by atoms with Gasteiger partial charge in [-0.1, -0.05) is 43.2 Å². The first-order valence-electron chi connectivity index (χ1n) is 9.51. The fourth-order valence-corrected chi connectivity index (χ4v) is 3.94. The Balaban J connectivity index is 1.49. The Bertz CT molecular complexity index is 582. The fraction of sp³-hybridized carbons (Fsp3) is 0.600. The van der Waals surface area contributed by atoms with E-state index in [4.69, 9.17) is 5.73 Å². The van der Waals surface area contributed by atoms with Gasteiger partial charge in [-0.3, -0.25) is 9.59 Å². The maximum Gasteiger partial charge on any atom is 0.223 e. The van der Waals surface area contributed by atoms with Crippen LogP contribution in [0, 0.1) is 0 Å². The normalized spacial score (nSPS) is 24.2. The summed E-state index contributed by atoms with van der Waals surface area (Å²) in [7, 11) is 0. The molecule has 2 N–H and O–H groups in total. The number of benzene rings is 1. The number of rotatable bonds is 4. The summed E-state index contributed by atoms with van der Waals surface area (Å²) >= 11 is 0. The molecule has 2 aliphatic rings. The highest BCUT2D eigenvalue weighted by Gasteiger charge is 2.33. The second-order valence-electron chi connectivity index (χ2n) is 7.27. The summed E-state index contributed by atoms with van der Waals surface area (Å²) in [6, 6.07) is 10.1. The summed E-state index contributed by atoms with van der Waals surface area (Å²) < 4.78 is 0. The quantitative estimate of drug-likeness (QED) is 0.911. The van der Waals surface area contributed by atoms with Gasteiger partial charge in [0, 0.05) is 51.0 Å². The summed E-state index contributed by atoms with van der Waals surface area (Å²) in [6.45, 7) is 2.92. The lowest BCUT2D eigenvalue weighted by Crippen LogP contribution is -2.35. The lowest BCUT2D eigenvalue weighted by molar-refractivity contribution is -0.136. The molecule has 0 unspecified atom stereocenters. The first-order valence-corrected chi connectivity index (χ1v) is 9.51. The molecule has 5 heteroatoms. The maximum absolute atomic E-state index is 12.5. The summed E-state index contributed by atoms with van der Waals surface area (Å²) in [4.78, 5) is 28.6. The van der Waals surface area contributed by atoms with E-state index in [1.165, 1.54) is 18.4 Å². The van der Waals surface area contributed by atoms with E-state index in [0.29, 0.717) is 25.9 Å². The maximum atomic E-state index is 12.5. The van der Waals surface area contributed by atoms with Crippen LogP contribution >= 0.6 is 0 Å². The van der Waals surface area contributed by atoms with Crippen molar-refractivity contribution in [3.63, 3.8) is 0 Å². The van der Waals surface area contributed by atoms with E-state index < -0.39 is 0 Å². The van der Waals surface area contributed by atoms with Gasteiger partial charge < -0.3 is 15.5 Å². The van der Waals surface area contributed by atoms with E-state index in [2.05, 4.69) is 12.1 Å². The third kappa shape index (κ3) is 4.60. The number of likely N-dealkylation sites (tertiary alicyclic amines) is 2. The SMILES string of the molecule is N[C@@H]1CN(C(=O)CCC(=O)N2CCCCCC2)C[C@H]1c1ccccc1. The number of amides is 2. The highest BCUT2D eigenvalue weighted by Crippen LogP contribution is 2.27. The van der Waals surface area contributed by atoms with Gasteiger partial charge in [-0.15, -0.1) is 0 Å². The Hall–Kier alpha value is -1.88. The van der Waals surface area contributed by atoms with Crippen molar-refractivity contribution >= 4 is 11.8 Å². The number of nitrogens with two attached hydrogens (primary N) is 1. The molecule has 2 aliphatic heterocycles. The zero-order valence-corrected chi connectivity index (χ0v) is 14.9. The molecule has 0 aliphatic carbocycles.